The van der Waals surface area contributed by atoms with Crippen molar-refractivity contribution in [3.8, 4) is 0 Å². The molecule has 0 heterocycles. The van der Waals surface area contributed by atoms with E-state index in [1.54, 1.807) is 26.8 Å². The van der Waals surface area contributed by atoms with E-state index in [1.807, 2.05) is 37.3 Å². The van der Waals surface area contributed by atoms with Crippen LogP contribution in [0.15, 0.2) is 43.0 Å². The minimum Gasteiger partial charge on any atom is -0.443 e. The number of carbonyl (C=O) groups excluding carboxylic acids is 1. The Hall–Kier alpha value is -1.85. The zero-order valence-electron chi connectivity index (χ0n) is 14.5. The van der Waals surface area contributed by atoms with E-state index in [0.717, 1.165) is 10.6 Å². The van der Waals surface area contributed by atoms with Gasteiger partial charge in [0.1, 0.15) is 5.60 Å². The standard InChI is InChI=1S/C18H28N2O3/c1-6-16(20(19)17(21)23-18(3,4)5)14(2)12-22-13-15-10-8-7-9-11-15/h6-11,14,16H,1,12-13,19H2,2-5H3/t14-,16?/m0/s1. The highest BCUT2D eigenvalue weighted by molar-refractivity contribution is 5.68. The largest absolute Gasteiger partial charge is 0.443 e. The second kappa shape index (κ2) is 8.70. The molecule has 5 heteroatoms. The van der Waals surface area contributed by atoms with Crippen LogP contribution in [0.3, 0.4) is 0 Å². The van der Waals surface area contributed by atoms with Crippen molar-refractivity contribution < 1.29 is 14.3 Å². The van der Waals surface area contributed by atoms with Crippen LogP contribution in [0, 0.1) is 5.92 Å². The molecule has 23 heavy (non-hydrogen) atoms. The van der Waals surface area contributed by atoms with Crippen LogP contribution < -0.4 is 5.84 Å². The summed E-state index contributed by atoms with van der Waals surface area (Å²) < 4.78 is 11.0. The quantitative estimate of drug-likeness (QED) is 0.361. The zero-order chi connectivity index (χ0) is 17.5. The van der Waals surface area contributed by atoms with Crippen molar-refractivity contribution in [3.63, 3.8) is 0 Å². The van der Waals surface area contributed by atoms with Gasteiger partial charge in [0, 0.05) is 5.92 Å². The molecule has 2 atom stereocenters. The number of carbonyl (C=O) groups is 1. The molecular weight excluding hydrogens is 292 g/mol. The average Bonchev–Trinajstić information content (AvgIpc) is 2.47. The van der Waals surface area contributed by atoms with Gasteiger partial charge in [-0.15, -0.1) is 6.58 Å². The Morgan fingerprint density at radius 2 is 1.96 bits per heavy atom. The Labute approximate surface area is 139 Å². The van der Waals surface area contributed by atoms with Gasteiger partial charge >= 0.3 is 6.09 Å². The molecule has 0 fully saturated rings. The van der Waals surface area contributed by atoms with Crippen LogP contribution in [0.2, 0.25) is 0 Å². The Balaban J connectivity index is 2.52. The summed E-state index contributed by atoms with van der Waals surface area (Å²) in [4.78, 5) is 12.0. The van der Waals surface area contributed by atoms with Gasteiger partial charge in [-0.1, -0.05) is 43.3 Å². The van der Waals surface area contributed by atoms with Crippen molar-refractivity contribution >= 4 is 6.09 Å². The van der Waals surface area contributed by atoms with Gasteiger partial charge in [0.2, 0.25) is 0 Å². The van der Waals surface area contributed by atoms with Gasteiger partial charge in [-0.25, -0.2) is 15.6 Å². The van der Waals surface area contributed by atoms with Gasteiger partial charge < -0.3 is 9.47 Å². The Morgan fingerprint density at radius 1 is 1.35 bits per heavy atom. The van der Waals surface area contributed by atoms with Crippen molar-refractivity contribution in [2.45, 2.75) is 45.9 Å². The molecule has 2 N–H and O–H groups in total. The van der Waals surface area contributed by atoms with E-state index < -0.39 is 11.7 Å². The molecule has 0 radical (unpaired) electrons. The first-order valence-corrected chi connectivity index (χ1v) is 7.75. The highest BCUT2D eigenvalue weighted by atomic mass is 16.6. The predicted octanol–water partition coefficient (Wildman–Crippen LogP) is 3.50. The maximum atomic E-state index is 12.0. The Kier molecular flexibility index (Phi) is 7.26. The van der Waals surface area contributed by atoms with Crippen LogP contribution in [0.1, 0.15) is 33.3 Å². The van der Waals surface area contributed by atoms with Crippen molar-refractivity contribution in [1.82, 2.24) is 5.01 Å². The van der Waals surface area contributed by atoms with Crippen LogP contribution in [0.4, 0.5) is 4.79 Å². The number of hydrogen-bond acceptors (Lipinski definition) is 4. The van der Waals surface area contributed by atoms with Gasteiger partial charge in [0.25, 0.3) is 0 Å². The number of ether oxygens (including phenoxy) is 2. The molecule has 5 nitrogen and oxygen atoms in total. The molecule has 0 saturated carbocycles. The summed E-state index contributed by atoms with van der Waals surface area (Å²) >= 11 is 0. The maximum absolute atomic E-state index is 12.0. The molecular formula is C18H28N2O3. The highest BCUT2D eigenvalue weighted by Crippen LogP contribution is 2.15. The van der Waals surface area contributed by atoms with Gasteiger partial charge in [-0.3, -0.25) is 0 Å². The lowest BCUT2D eigenvalue weighted by Gasteiger charge is -2.31. The summed E-state index contributed by atoms with van der Waals surface area (Å²) in [5.41, 5.74) is 0.514. The normalized spacial score (nSPS) is 14.0. The van der Waals surface area contributed by atoms with Gasteiger partial charge in [-0.2, -0.15) is 0 Å². The monoisotopic (exact) mass is 320 g/mol. The van der Waals surface area contributed by atoms with Crippen LogP contribution in [-0.2, 0) is 16.1 Å². The predicted molar refractivity (Wildman–Crippen MR) is 91.5 cm³/mol. The molecule has 1 unspecified atom stereocenters. The number of benzene rings is 1. The van der Waals surface area contributed by atoms with Crippen LogP contribution >= 0.6 is 0 Å². The fourth-order valence-electron chi connectivity index (χ4n) is 2.09. The first-order chi connectivity index (χ1) is 10.7. The third kappa shape index (κ3) is 6.84. The lowest BCUT2D eigenvalue weighted by molar-refractivity contribution is 0.00682. The first kappa shape index (κ1) is 19.2. The third-order valence-electron chi connectivity index (χ3n) is 3.24. The molecule has 0 aliphatic carbocycles. The Morgan fingerprint density at radius 3 is 2.48 bits per heavy atom. The second-order valence-electron chi connectivity index (χ2n) is 6.59. The fourth-order valence-corrected chi connectivity index (χ4v) is 2.09. The molecule has 0 spiro atoms. The number of amides is 1. The lowest BCUT2D eigenvalue weighted by atomic mass is 10.0. The van der Waals surface area contributed by atoms with E-state index in [4.69, 9.17) is 15.3 Å². The molecule has 1 aromatic rings. The van der Waals surface area contributed by atoms with Gasteiger partial charge in [0.05, 0.1) is 19.3 Å². The third-order valence-corrected chi connectivity index (χ3v) is 3.24. The summed E-state index contributed by atoms with van der Waals surface area (Å²) in [6.07, 6.45) is 1.07. The van der Waals surface area contributed by atoms with Crippen molar-refractivity contribution in [3.05, 3.63) is 48.6 Å². The zero-order valence-corrected chi connectivity index (χ0v) is 14.5. The molecule has 1 amide bonds. The average molecular weight is 320 g/mol. The van der Waals surface area contributed by atoms with Crippen LogP contribution in [0.5, 0.6) is 0 Å². The minimum atomic E-state index is -0.590. The molecule has 128 valence electrons. The Bertz CT molecular complexity index is 497. The smallest absolute Gasteiger partial charge is 0.425 e. The number of nitrogens with two attached hydrogens (primary N) is 1. The summed E-state index contributed by atoms with van der Waals surface area (Å²) in [7, 11) is 0. The van der Waals surface area contributed by atoms with Gasteiger partial charge in [0.15, 0.2) is 0 Å². The SMILES string of the molecule is C=CC([C@@H](C)COCc1ccccc1)N(N)C(=O)OC(C)(C)C. The van der Waals surface area contributed by atoms with E-state index in [-0.39, 0.29) is 12.0 Å². The number of rotatable bonds is 7. The summed E-state index contributed by atoms with van der Waals surface area (Å²) in [6, 6.07) is 9.56. The van der Waals surface area contributed by atoms with Crippen LogP contribution in [-0.4, -0.2) is 29.4 Å². The van der Waals surface area contributed by atoms with E-state index in [9.17, 15) is 4.79 Å². The van der Waals surface area contributed by atoms with E-state index in [2.05, 4.69) is 6.58 Å². The second-order valence-corrected chi connectivity index (χ2v) is 6.59. The number of hydrazine groups is 1. The van der Waals surface area contributed by atoms with E-state index >= 15 is 0 Å². The molecule has 1 aromatic carbocycles. The van der Waals surface area contributed by atoms with Crippen molar-refractivity contribution in [2.24, 2.45) is 11.8 Å². The fraction of sp³-hybridized carbons (Fsp3) is 0.500. The maximum Gasteiger partial charge on any atom is 0.425 e. The van der Waals surface area contributed by atoms with E-state index in [0.29, 0.717) is 13.2 Å². The summed E-state index contributed by atoms with van der Waals surface area (Å²) in [5, 5.41) is 1.08. The van der Waals surface area contributed by atoms with Crippen molar-refractivity contribution in [1.29, 1.82) is 0 Å². The molecule has 0 aliphatic heterocycles. The number of hydrogen-bond donors (Lipinski definition) is 1. The molecule has 0 aromatic heterocycles. The highest BCUT2D eigenvalue weighted by Gasteiger charge is 2.28. The van der Waals surface area contributed by atoms with Crippen LogP contribution in [0.25, 0.3) is 0 Å². The molecule has 0 saturated heterocycles. The topological polar surface area (TPSA) is 64.8 Å². The molecule has 0 bridgehead atoms. The van der Waals surface area contributed by atoms with Gasteiger partial charge in [-0.05, 0) is 26.3 Å². The lowest BCUT2D eigenvalue weighted by Crippen LogP contribution is -2.50. The molecule has 0 aliphatic rings. The first-order valence-electron chi connectivity index (χ1n) is 7.75. The summed E-state index contributed by atoms with van der Waals surface area (Å²) in [5.74, 6) is 5.89. The number of nitrogens with zero attached hydrogens (tertiary/aromatic N) is 1. The summed E-state index contributed by atoms with van der Waals surface area (Å²) in [6.45, 7) is 12.1. The van der Waals surface area contributed by atoms with E-state index in [1.165, 1.54) is 0 Å². The van der Waals surface area contributed by atoms with Crippen molar-refractivity contribution in [2.75, 3.05) is 6.61 Å². The molecule has 1 rings (SSSR count). The minimum absolute atomic E-state index is 0.00580.